The average molecular weight is 781 g/mol. The van der Waals surface area contributed by atoms with E-state index in [2.05, 4.69) is 41.5 Å². The van der Waals surface area contributed by atoms with Gasteiger partial charge >= 0.3 is 23.9 Å². The summed E-state index contributed by atoms with van der Waals surface area (Å²) in [5.74, 6) is -0.260. The molecule has 0 atom stereocenters. The summed E-state index contributed by atoms with van der Waals surface area (Å²) >= 11 is 0. The van der Waals surface area contributed by atoms with Crippen LogP contribution in [0.25, 0.3) is 0 Å². The Bertz CT molecular complexity index is 1230. The molecule has 2 rings (SSSR count). The van der Waals surface area contributed by atoms with Gasteiger partial charge in [0.25, 0.3) is 0 Å². The lowest BCUT2D eigenvalue weighted by molar-refractivity contribution is 0.0450. The number of benzene rings is 2. The minimum atomic E-state index is -0.454. The fourth-order valence-corrected chi connectivity index (χ4v) is 6.08. The molecule has 316 valence electrons. The molecule has 2 aromatic rings. The van der Waals surface area contributed by atoms with Crippen molar-refractivity contribution in [3.05, 3.63) is 70.8 Å². The van der Waals surface area contributed by atoms with Crippen LogP contribution >= 0.6 is 0 Å². The van der Waals surface area contributed by atoms with Crippen molar-refractivity contribution < 1.29 is 38.1 Å². The zero-order valence-corrected chi connectivity index (χ0v) is 36.0. The molecule has 0 aliphatic carbocycles. The van der Waals surface area contributed by atoms with Gasteiger partial charge in [0.05, 0.1) is 48.7 Å². The van der Waals surface area contributed by atoms with Crippen molar-refractivity contribution in [3.8, 4) is 0 Å². The van der Waals surface area contributed by atoms with Crippen LogP contribution in [0.4, 0.5) is 0 Å². The van der Waals surface area contributed by atoms with Crippen LogP contribution < -0.4 is 0 Å². The maximum absolute atomic E-state index is 12.5. The van der Waals surface area contributed by atoms with E-state index in [1.807, 2.05) is 0 Å². The Morgan fingerprint density at radius 3 is 0.857 bits per heavy atom. The highest BCUT2D eigenvalue weighted by Crippen LogP contribution is 2.16. The normalized spacial score (nSPS) is 10.9. The van der Waals surface area contributed by atoms with Gasteiger partial charge in [0.1, 0.15) is 0 Å². The minimum absolute atomic E-state index is 0.284. The highest BCUT2D eigenvalue weighted by Gasteiger charge is 2.20. The topological polar surface area (TPSA) is 105 Å². The summed E-state index contributed by atoms with van der Waals surface area (Å²) in [5.41, 5.74) is 1.16. The first-order chi connectivity index (χ1) is 27.1. The van der Waals surface area contributed by atoms with Crippen molar-refractivity contribution >= 4 is 23.9 Å². The Morgan fingerprint density at radius 2 is 0.607 bits per heavy atom. The van der Waals surface area contributed by atoms with Crippen molar-refractivity contribution in [3.63, 3.8) is 0 Å². The highest BCUT2D eigenvalue weighted by molar-refractivity contribution is 6.03. The maximum atomic E-state index is 12.5. The highest BCUT2D eigenvalue weighted by atomic mass is 16.5. The van der Waals surface area contributed by atoms with E-state index in [1.54, 1.807) is 48.5 Å². The van der Waals surface area contributed by atoms with Gasteiger partial charge in [0.2, 0.25) is 0 Å². The van der Waals surface area contributed by atoms with Gasteiger partial charge in [-0.2, -0.15) is 0 Å². The third-order valence-corrected chi connectivity index (χ3v) is 9.51. The number of hydrogen-bond acceptors (Lipinski definition) is 8. The van der Waals surface area contributed by atoms with Crippen LogP contribution in [0, 0.1) is 11.8 Å². The van der Waals surface area contributed by atoms with Gasteiger partial charge in [-0.1, -0.05) is 169 Å². The molecule has 0 radical (unpaired) electrons. The van der Waals surface area contributed by atoms with Gasteiger partial charge in [0, 0.05) is 0 Å². The molecule has 0 aliphatic heterocycles. The van der Waals surface area contributed by atoms with Crippen LogP contribution in [-0.2, 0) is 18.9 Å². The van der Waals surface area contributed by atoms with E-state index < -0.39 is 23.9 Å². The first-order valence-electron chi connectivity index (χ1n) is 22.0. The molecule has 0 N–H and O–H groups in total. The van der Waals surface area contributed by atoms with Crippen molar-refractivity contribution in [2.24, 2.45) is 11.8 Å². The van der Waals surface area contributed by atoms with Crippen molar-refractivity contribution in [1.29, 1.82) is 0 Å². The monoisotopic (exact) mass is 781 g/mol. The molecule has 2 aromatic carbocycles. The number of carbonyl (C=O) groups is 4. The predicted octanol–water partition coefficient (Wildman–Crippen LogP) is 13.2. The Balaban J connectivity index is 0.000000583. The molecule has 0 heterocycles. The summed E-state index contributed by atoms with van der Waals surface area (Å²) in [7, 11) is 0. The molecule has 0 amide bonds. The molecular weight excluding hydrogens is 705 g/mol. The van der Waals surface area contributed by atoms with Crippen molar-refractivity contribution in [1.82, 2.24) is 0 Å². The van der Waals surface area contributed by atoms with E-state index >= 15 is 0 Å². The Labute approximate surface area is 340 Å². The van der Waals surface area contributed by atoms with Gasteiger partial charge < -0.3 is 18.9 Å². The van der Waals surface area contributed by atoms with E-state index in [9.17, 15) is 19.2 Å². The number of ether oxygens (including phenoxy) is 4. The second kappa shape index (κ2) is 33.5. The van der Waals surface area contributed by atoms with Gasteiger partial charge in [-0.3, -0.25) is 0 Å². The molecule has 0 saturated heterocycles. The largest absolute Gasteiger partial charge is 0.462 e. The van der Waals surface area contributed by atoms with E-state index in [0.717, 1.165) is 88.9 Å². The molecule has 0 spiro atoms. The quantitative estimate of drug-likeness (QED) is 0.0438. The molecular formula is C48H76O8. The van der Waals surface area contributed by atoms with Gasteiger partial charge in [-0.25, -0.2) is 19.2 Å². The second-order valence-electron chi connectivity index (χ2n) is 15.7. The standard InChI is InChI=1S/C28H46O4.C20H30O4/c1-23(2)17-11-7-5-9-15-21-31-27(29)25-19-13-14-20-26(25)28(30)32-22-16-10-6-8-12-18-24(3)4;1-3-5-7-11-15-23-19(21)17-13-9-10-14-18(17)20(22)24-16-12-8-6-4-2/h13-14,19-20,23-24H,5-12,15-18,21-22H2,1-4H3;9-10,13-14H,3-8,11-12,15-16H2,1-2H3. The van der Waals surface area contributed by atoms with Crippen LogP contribution in [0.1, 0.15) is 211 Å². The summed E-state index contributed by atoms with van der Waals surface area (Å²) in [6.07, 6.45) is 22.1. The van der Waals surface area contributed by atoms with E-state index in [4.69, 9.17) is 18.9 Å². The van der Waals surface area contributed by atoms with Gasteiger partial charge in [-0.05, 0) is 61.8 Å². The number of carbonyl (C=O) groups excluding carboxylic acids is 4. The summed E-state index contributed by atoms with van der Waals surface area (Å²) in [4.78, 5) is 49.3. The fraction of sp³-hybridized carbons (Fsp3) is 0.667. The van der Waals surface area contributed by atoms with Crippen LogP contribution in [0.15, 0.2) is 48.5 Å². The van der Waals surface area contributed by atoms with E-state index in [1.165, 1.54) is 51.4 Å². The van der Waals surface area contributed by atoms with Crippen LogP contribution in [0.2, 0.25) is 0 Å². The first kappa shape index (κ1) is 50.3. The number of unbranched alkanes of at least 4 members (excludes halogenated alkanes) is 14. The number of rotatable bonds is 30. The summed E-state index contributed by atoms with van der Waals surface area (Å²) in [5, 5.41) is 0. The molecule has 0 bridgehead atoms. The lowest BCUT2D eigenvalue weighted by Gasteiger charge is -2.10. The Hall–Kier alpha value is -3.68. The zero-order valence-electron chi connectivity index (χ0n) is 36.0. The SMILES string of the molecule is CC(C)CCCCCCCOC(=O)c1ccccc1C(=O)OCCCCCCCC(C)C.CCCCCCOC(=O)c1ccccc1C(=O)OCCCCCC. The number of esters is 4. The maximum Gasteiger partial charge on any atom is 0.339 e. The average Bonchev–Trinajstić information content (AvgIpc) is 3.19. The third kappa shape index (κ3) is 24.8. The van der Waals surface area contributed by atoms with Crippen LogP contribution in [0.5, 0.6) is 0 Å². The smallest absolute Gasteiger partial charge is 0.339 e. The predicted molar refractivity (Wildman–Crippen MR) is 227 cm³/mol. The minimum Gasteiger partial charge on any atom is -0.462 e. The van der Waals surface area contributed by atoms with Crippen molar-refractivity contribution in [2.45, 2.75) is 170 Å². The van der Waals surface area contributed by atoms with Crippen LogP contribution in [0.3, 0.4) is 0 Å². The zero-order chi connectivity index (χ0) is 41.2. The lowest BCUT2D eigenvalue weighted by atomic mass is 10.0. The first-order valence-corrected chi connectivity index (χ1v) is 22.0. The Kier molecular flexibility index (Phi) is 30.1. The van der Waals surface area contributed by atoms with E-state index in [-0.39, 0.29) is 11.1 Å². The molecule has 0 unspecified atom stereocenters. The second-order valence-corrected chi connectivity index (χ2v) is 15.7. The third-order valence-electron chi connectivity index (χ3n) is 9.51. The molecule has 0 fully saturated rings. The molecule has 56 heavy (non-hydrogen) atoms. The fourth-order valence-electron chi connectivity index (χ4n) is 6.08. The van der Waals surface area contributed by atoms with Crippen LogP contribution in [-0.4, -0.2) is 50.3 Å². The van der Waals surface area contributed by atoms with Crippen molar-refractivity contribution in [2.75, 3.05) is 26.4 Å². The Morgan fingerprint density at radius 1 is 0.375 bits per heavy atom. The molecule has 0 aliphatic rings. The molecule has 8 heteroatoms. The summed E-state index contributed by atoms with van der Waals surface area (Å²) < 4.78 is 21.4. The molecule has 0 saturated carbocycles. The summed E-state index contributed by atoms with van der Waals surface area (Å²) in [6, 6.07) is 13.5. The molecule has 0 aromatic heterocycles. The van der Waals surface area contributed by atoms with Gasteiger partial charge in [0.15, 0.2) is 0 Å². The lowest BCUT2D eigenvalue weighted by Crippen LogP contribution is -2.15. The molecule has 8 nitrogen and oxygen atoms in total. The van der Waals surface area contributed by atoms with Gasteiger partial charge in [-0.15, -0.1) is 0 Å². The number of hydrogen-bond donors (Lipinski definition) is 0. The van der Waals surface area contributed by atoms with E-state index in [0.29, 0.717) is 37.6 Å². The summed E-state index contributed by atoms with van der Waals surface area (Å²) in [6.45, 7) is 14.8.